The Morgan fingerprint density at radius 2 is 1.19 bits per heavy atom. The molecule has 2 aliphatic rings. The fourth-order valence-corrected chi connectivity index (χ4v) is 2.45. The lowest BCUT2D eigenvalue weighted by molar-refractivity contribution is -0.356. The fraction of sp³-hybridized carbons (Fsp3) is 1.00. The summed E-state index contributed by atoms with van der Waals surface area (Å²) in [7, 11) is 0. The Bertz CT molecular complexity index is 354. The van der Waals surface area contributed by atoms with E-state index in [9.17, 15) is 30.6 Å². The summed E-state index contributed by atoms with van der Waals surface area (Å²) >= 11 is 0. The SMILES string of the molecule is C[C@@H]1O[C@@H](O[C@H]2[C@H](O)[C@@H](O)[C@H](C)O[C@@H]2O)[C@H](O)[C@H](O)[C@H]1O. The van der Waals surface area contributed by atoms with Crippen LogP contribution in [-0.2, 0) is 14.2 Å². The van der Waals surface area contributed by atoms with Gasteiger partial charge in [-0.15, -0.1) is 0 Å². The molecule has 0 aliphatic carbocycles. The lowest BCUT2D eigenvalue weighted by Gasteiger charge is -2.44. The van der Waals surface area contributed by atoms with Crippen molar-refractivity contribution in [2.45, 2.75) is 75.3 Å². The molecule has 0 aromatic rings. The molecular weight excluding hydrogens is 288 g/mol. The van der Waals surface area contributed by atoms with Gasteiger partial charge in [-0.05, 0) is 13.8 Å². The zero-order chi connectivity index (χ0) is 15.9. The summed E-state index contributed by atoms with van der Waals surface area (Å²) in [5.41, 5.74) is 0. The molecule has 2 fully saturated rings. The molecular formula is C12H22O9. The van der Waals surface area contributed by atoms with Crippen LogP contribution >= 0.6 is 0 Å². The fourth-order valence-electron chi connectivity index (χ4n) is 2.45. The van der Waals surface area contributed by atoms with Gasteiger partial charge in [-0.3, -0.25) is 0 Å². The average molecular weight is 310 g/mol. The molecule has 2 aliphatic heterocycles. The van der Waals surface area contributed by atoms with Crippen molar-refractivity contribution in [2.24, 2.45) is 0 Å². The monoisotopic (exact) mass is 310 g/mol. The van der Waals surface area contributed by atoms with Crippen LogP contribution < -0.4 is 0 Å². The molecule has 2 saturated heterocycles. The molecule has 0 amide bonds. The summed E-state index contributed by atoms with van der Waals surface area (Å²) in [5, 5.41) is 58.5. The topological polar surface area (TPSA) is 149 Å². The number of hydrogen-bond donors (Lipinski definition) is 6. The van der Waals surface area contributed by atoms with E-state index in [1.807, 2.05) is 0 Å². The van der Waals surface area contributed by atoms with Gasteiger partial charge in [0.1, 0.15) is 36.6 Å². The van der Waals surface area contributed by atoms with Crippen molar-refractivity contribution in [1.29, 1.82) is 0 Å². The number of aliphatic hydroxyl groups is 6. The molecule has 0 aromatic heterocycles. The van der Waals surface area contributed by atoms with E-state index in [1.165, 1.54) is 13.8 Å². The Morgan fingerprint density at radius 1 is 0.667 bits per heavy atom. The van der Waals surface area contributed by atoms with E-state index < -0.39 is 61.4 Å². The van der Waals surface area contributed by atoms with Gasteiger partial charge in [-0.25, -0.2) is 0 Å². The Balaban J connectivity index is 2.06. The van der Waals surface area contributed by atoms with Crippen LogP contribution in [0, 0.1) is 0 Å². The quantitative estimate of drug-likeness (QED) is 0.308. The smallest absolute Gasteiger partial charge is 0.187 e. The maximum Gasteiger partial charge on any atom is 0.187 e. The summed E-state index contributed by atoms with van der Waals surface area (Å²) in [4.78, 5) is 0. The van der Waals surface area contributed by atoms with Crippen LogP contribution in [0.15, 0.2) is 0 Å². The summed E-state index contributed by atoms with van der Waals surface area (Å²) in [6.45, 7) is 2.94. The number of ether oxygens (including phenoxy) is 3. The van der Waals surface area contributed by atoms with Crippen molar-refractivity contribution in [3.63, 3.8) is 0 Å². The molecule has 21 heavy (non-hydrogen) atoms. The third-order valence-electron chi connectivity index (χ3n) is 3.90. The molecule has 0 unspecified atom stereocenters. The average Bonchev–Trinajstić information content (AvgIpc) is 2.44. The third kappa shape index (κ3) is 3.21. The second-order valence-electron chi connectivity index (χ2n) is 5.50. The second kappa shape index (κ2) is 6.41. The van der Waals surface area contributed by atoms with Gasteiger partial charge in [0.2, 0.25) is 0 Å². The molecule has 0 aromatic carbocycles. The van der Waals surface area contributed by atoms with Crippen LogP contribution in [0.5, 0.6) is 0 Å². The first-order valence-corrected chi connectivity index (χ1v) is 6.78. The highest BCUT2D eigenvalue weighted by molar-refractivity contribution is 4.91. The van der Waals surface area contributed by atoms with Crippen LogP contribution in [0.4, 0.5) is 0 Å². The zero-order valence-corrected chi connectivity index (χ0v) is 11.7. The van der Waals surface area contributed by atoms with Gasteiger partial charge in [0.25, 0.3) is 0 Å². The molecule has 0 bridgehead atoms. The Hall–Kier alpha value is -0.360. The number of rotatable bonds is 2. The van der Waals surface area contributed by atoms with Gasteiger partial charge in [0.05, 0.1) is 12.2 Å². The van der Waals surface area contributed by atoms with E-state index in [-0.39, 0.29) is 0 Å². The predicted molar refractivity (Wildman–Crippen MR) is 65.8 cm³/mol. The highest BCUT2D eigenvalue weighted by atomic mass is 16.7. The van der Waals surface area contributed by atoms with Gasteiger partial charge in [-0.2, -0.15) is 0 Å². The van der Waals surface area contributed by atoms with Crippen LogP contribution in [0.2, 0.25) is 0 Å². The number of hydrogen-bond acceptors (Lipinski definition) is 9. The van der Waals surface area contributed by atoms with E-state index in [1.54, 1.807) is 0 Å². The van der Waals surface area contributed by atoms with E-state index >= 15 is 0 Å². The van der Waals surface area contributed by atoms with Crippen molar-refractivity contribution in [1.82, 2.24) is 0 Å². The Kier molecular flexibility index (Phi) is 5.19. The van der Waals surface area contributed by atoms with Crippen molar-refractivity contribution in [3.8, 4) is 0 Å². The van der Waals surface area contributed by atoms with E-state index in [2.05, 4.69) is 0 Å². The molecule has 9 heteroatoms. The summed E-state index contributed by atoms with van der Waals surface area (Å²) in [6, 6.07) is 0. The van der Waals surface area contributed by atoms with Crippen molar-refractivity contribution in [3.05, 3.63) is 0 Å². The summed E-state index contributed by atoms with van der Waals surface area (Å²) < 4.78 is 15.5. The first kappa shape index (κ1) is 17.0. The van der Waals surface area contributed by atoms with Gasteiger partial charge in [-0.1, -0.05) is 0 Å². The van der Waals surface area contributed by atoms with Crippen molar-refractivity contribution >= 4 is 0 Å². The minimum Gasteiger partial charge on any atom is -0.388 e. The van der Waals surface area contributed by atoms with Crippen LogP contribution in [0.1, 0.15) is 13.8 Å². The minimum absolute atomic E-state index is 0.793. The Labute approximate surface area is 121 Å². The molecule has 0 spiro atoms. The van der Waals surface area contributed by atoms with Crippen LogP contribution in [0.3, 0.4) is 0 Å². The normalized spacial score (nSPS) is 55.4. The standard InChI is InChI=1S/C12H22O9/c1-3-6(14)8(16)10(11(18)19-3)21-12-9(17)7(15)5(13)4(2)20-12/h3-18H,1-2H3/t3-,4-,5-,6-,7+,8+,9+,10-,11-,12-/m0/s1. The van der Waals surface area contributed by atoms with E-state index in [0.717, 1.165) is 0 Å². The largest absolute Gasteiger partial charge is 0.388 e. The van der Waals surface area contributed by atoms with Crippen LogP contribution in [-0.4, -0.2) is 92.1 Å². The van der Waals surface area contributed by atoms with Gasteiger partial charge in [0.15, 0.2) is 12.6 Å². The zero-order valence-electron chi connectivity index (χ0n) is 11.7. The molecule has 0 saturated carbocycles. The van der Waals surface area contributed by atoms with Gasteiger partial charge >= 0.3 is 0 Å². The van der Waals surface area contributed by atoms with E-state index in [0.29, 0.717) is 0 Å². The highest BCUT2D eigenvalue weighted by Crippen LogP contribution is 2.28. The minimum atomic E-state index is -1.58. The highest BCUT2D eigenvalue weighted by Gasteiger charge is 2.48. The second-order valence-corrected chi connectivity index (χ2v) is 5.50. The van der Waals surface area contributed by atoms with E-state index in [4.69, 9.17) is 14.2 Å². The molecule has 10 atom stereocenters. The lowest BCUT2D eigenvalue weighted by atomic mass is 9.98. The summed E-state index contributed by atoms with van der Waals surface area (Å²) in [6.07, 6.45) is -13.0. The number of aliphatic hydroxyl groups excluding tert-OH is 6. The van der Waals surface area contributed by atoms with Crippen molar-refractivity contribution in [2.75, 3.05) is 0 Å². The maximum absolute atomic E-state index is 9.91. The molecule has 9 nitrogen and oxygen atoms in total. The van der Waals surface area contributed by atoms with Gasteiger partial charge in [0, 0.05) is 0 Å². The third-order valence-corrected chi connectivity index (χ3v) is 3.90. The molecule has 6 N–H and O–H groups in total. The first-order chi connectivity index (χ1) is 9.73. The van der Waals surface area contributed by atoms with Crippen molar-refractivity contribution < 1.29 is 44.8 Å². The Morgan fingerprint density at radius 3 is 1.81 bits per heavy atom. The molecule has 2 rings (SSSR count). The van der Waals surface area contributed by atoms with Gasteiger partial charge < -0.3 is 44.8 Å². The van der Waals surface area contributed by atoms with Crippen LogP contribution in [0.25, 0.3) is 0 Å². The molecule has 124 valence electrons. The first-order valence-electron chi connectivity index (χ1n) is 6.78. The molecule has 0 radical (unpaired) electrons. The maximum atomic E-state index is 9.91. The lowest BCUT2D eigenvalue weighted by Crippen LogP contribution is -2.62. The summed E-state index contributed by atoms with van der Waals surface area (Å²) in [5.74, 6) is 0. The predicted octanol–water partition coefficient (Wildman–Crippen LogP) is -3.34. The molecule has 2 heterocycles.